The maximum absolute atomic E-state index is 9.95. The number of aliphatic hydroxyl groups is 1. The molecule has 16 heavy (non-hydrogen) atoms. The third kappa shape index (κ3) is 3.44. The number of nitrogens with one attached hydrogen (secondary N) is 1. The lowest BCUT2D eigenvalue weighted by molar-refractivity contribution is 0.0445. The summed E-state index contributed by atoms with van der Waals surface area (Å²) in [6, 6.07) is 0.588. The smallest absolute Gasteiger partial charge is 0.0578 e. The molecule has 0 aromatic carbocycles. The zero-order valence-corrected chi connectivity index (χ0v) is 10.7. The van der Waals surface area contributed by atoms with Crippen LogP contribution in [0.2, 0.25) is 0 Å². The predicted octanol–water partition coefficient (Wildman–Crippen LogP) is 1.08. The van der Waals surface area contributed by atoms with E-state index in [-0.39, 0.29) is 6.10 Å². The van der Waals surface area contributed by atoms with Crippen LogP contribution in [0.3, 0.4) is 0 Å². The van der Waals surface area contributed by atoms with Crippen LogP contribution in [0.1, 0.15) is 32.6 Å². The van der Waals surface area contributed by atoms with Crippen molar-refractivity contribution < 1.29 is 5.11 Å². The van der Waals surface area contributed by atoms with Crippen LogP contribution in [0.5, 0.6) is 0 Å². The number of aliphatic hydroxyl groups excluding tert-OH is 1. The Morgan fingerprint density at radius 3 is 2.75 bits per heavy atom. The second-order valence-electron chi connectivity index (χ2n) is 5.74. The lowest BCUT2D eigenvalue weighted by atomic mass is 9.88. The van der Waals surface area contributed by atoms with Crippen LogP contribution in [0.25, 0.3) is 0 Å². The molecule has 0 spiro atoms. The highest BCUT2D eigenvalue weighted by molar-refractivity contribution is 4.87. The van der Waals surface area contributed by atoms with Crippen LogP contribution in [-0.2, 0) is 0 Å². The van der Waals surface area contributed by atoms with E-state index in [1.165, 1.54) is 19.4 Å². The minimum absolute atomic E-state index is 0.118. The summed E-state index contributed by atoms with van der Waals surface area (Å²) in [7, 11) is 2.17. The number of nitrogens with zero attached hydrogens (tertiary/aromatic N) is 1. The van der Waals surface area contributed by atoms with E-state index in [2.05, 4.69) is 24.2 Å². The van der Waals surface area contributed by atoms with Crippen molar-refractivity contribution in [3.05, 3.63) is 0 Å². The Morgan fingerprint density at radius 2 is 2.12 bits per heavy atom. The van der Waals surface area contributed by atoms with Gasteiger partial charge in [-0.25, -0.2) is 0 Å². The Bertz CT molecular complexity index is 218. The third-order valence-electron chi connectivity index (χ3n) is 4.02. The molecular formula is C13H26N2O. The monoisotopic (exact) mass is 226 g/mol. The molecule has 1 aliphatic carbocycles. The summed E-state index contributed by atoms with van der Waals surface area (Å²) >= 11 is 0. The molecule has 94 valence electrons. The normalized spacial score (nSPS) is 33.9. The van der Waals surface area contributed by atoms with Gasteiger partial charge in [0, 0.05) is 19.1 Å². The summed E-state index contributed by atoms with van der Waals surface area (Å²) < 4.78 is 0. The first kappa shape index (κ1) is 12.3. The third-order valence-corrected chi connectivity index (χ3v) is 4.02. The van der Waals surface area contributed by atoms with Crippen molar-refractivity contribution in [2.75, 3.05) is 26.7 Å². The fraction of sp³-hybridized carbons (Fsp3) is 1.00. The van der Waals surface area contributed by atoms with Crippen molar-refractivity contribution in [3.8, 4) is 0 Å². The summed E-state index contributed by atoms with van der Waals surface area (Å²) in [5.41, 5.74) is 0. The second-order valence-corrected chi connectivity index (χ2v) is 5.74. The Morgan fingerprint density at radius 1 is 1.38 bits per heavy atom. The fourth-order valence-electron chi connectivity index (χ4n) is 2.78. The van der Waals surface area contributed by atoms with Crippen LogP contribution in [-0.4, -0.2) is 48.8 Å². The van der Waals surface area contributed by atoms with Crippen molar-refractivity contribution >= 4 is 0 Å². The quantitative estimate of drug-likeness (QED) is 0.736. The molecule has 2 fully saturated rings. The summed E-state index contributed by atoms with van der Waals surface area (Å²) in [6.07, 6.45) is 4.74. The van der Waals surface area contributed by atoms with E-state index >= 15 is 0 Å². The van der Waals surface area contributed by atoms with Gasteiger partial charge in [-0.15, -0.1) is 0 Å². The summed E-state index contributed by atoms with van der Waals surface area (Å²) in [6.45, 7) is 5.45. The molecule has 3 heteroatoms. The molecule has 0 aromatic heterocycles. The molecule has 2 rings (SSSR count). The highest BCUT2D eigenvalue weighted by atomic mass is 16.3. The van der Waals surface area contributed by atoms with Gasteiger partial charge in [0.05, 0.1) is 6.10 Å². The summed E-state index contributed by atoms with van der Waals surface area (Å²) in [5.74, 6) is 1.40. The van der Waals surface area contributed by atoms with E-state index < -0.39 is 0 Å². The highest BCUT2D eigenvalue weighted by Gasteiger charge is 2.30. The van der Waals surface area contributed by atoms with Gasteiger partial charge in [-0.3, -0.25) is 0 Å². The van der Waals surface area contributed by atoms with Crippen molar-refractivity contribution in [2.45, 2.75) is 44.8 Å². The van der Waals surface area contributed by atoms with Gasteiger partial charge in [0.2, 0.25) is 0 Å². The second kappa shape index (κ2) is 5.48. The zero-order chi connectivity index (χ0) is 11.5. The Kier molecular flexibility index (Phi) is 4.22. The Hall–Kier alpha value is -0.120. The van der Waals surface area contributed by atoms with E-state index in [1.54, 1.807) is 0 Å². The lowest BCUT2D eigenvalue weighted by Gasteiger charge is -2.38. The first-order valence-corrected chi connectivity index (χ1v) is 6.79. The molecule has 1 saturated carbocycles. The van der Waals surface area contributed by atoms with E-state index in [0.717, 1.165) is 31.8 Å². The molecule has 2 aliphatic rings. The van der Waals surface area contributed by atoms with Gasteiger partial charge < -0.3 is 15.3 Å². The number of piperidine rings is 1. The van der Waals surface area contributed by atoms with Gasteiger partial charge in [0.1, 0.15) is 0 Å². The van der Waals surface area contributed by atoms with Crippen LogP contribution >= 0.6 is 0 Å². The maximum atomic E-state index is 9.95. The van der Waals surface area contributed by atoms with Crippen LogP contribution in [0.4, 0.5) is 0 Å². The van der Waals surface area contributed by atoms with Gasteiger partial charge in [0.25, 0.3) is 0 Å². The van der Waals surface area contributed by atoms with Crippen molar-refractivity contribution in [2.24, 2.45) is 11.8 Å². The average Bonchev–Trinajstić information content (AvgIpc) is 3.08. The van der Waals surface area contributed by atoms with Crippen molar-refractivity contribution in [1.82, 2.24) is 10.2 Å². The molecule has 2 N–H and O–H groups in total. The minimum atomic E-state index is -0.118. The number of likely N-dealkylation sites (N-methyl/N-ethyl adjacent to an activating group) is 1. The lowest BCUT2D eigenvalue weighted by Crippen LogP contribution is -2.50. The Balaban J connectivity index is 1.78. The van der Waals surface area contributed by atoms with E-state index in [9.17, 15) is 5.11 Å². The van der Waals surface area contributed by atoms with Gasteiger partial charge >= 0.3 is 0 Å². The number of hydrogen-bond donors (Lipinski definition) is 2. The topological polar surface area (TPSA) is 35.5 Å². The summed E-state index contributed by atoms with van der Waals surface area (Å²) in [4.78, 5) is 2.36. The molecule has 0 radical (unpaired) electrons. The minimum Gasteiger partial charge on any atom is -0.393 e. The molecule has 0 bridgehead atoms. The average molecular weight is 226 g/mol. The number of likely N-dealkylation sites (tertiary alicyclic amines) is 1. The van der Waals surface area contributed by atoms with Crippen LogP contribution in [0.15, 0.2) is 0 Å². The Labute approximate surface area is 99.2 Å². The van der Waals surface area contributed by atoms with Gasteiger partial charge in [-0.05, 0) is 51.1 Å². The van der Waals surface area contributed by atoms with Gasteiger partial charge in [-0.2, -0.15) is 0 Å². The van der Waals surface area contributed by atoms with E-state index in [0.29, 0.717) is 12.0 Å². The number of hydrogen-bond acceptors (Lipinski definition) is 3. The molecule has 1 saturated heterocycles. The van der Waals surface area contributed by atoms with Crippen molar-refractivity contribution in [3.63, 3.8) is 0 Å². The number of rotatable bonds is 5. The summed E-state index contributed by atoms with van der Waals surface area (Å²) in [5, 5.41) is 13.6. The largest absolute Gasteiger partial charge is 0.393 e. The standard InChI is InChI=1S/C13H26N2O/c1-3-13(16)11-6-12(9-15(2)8-11)14-7-10-4-5-10/h10-14,16H,3-9H2,1-2H3. The molecule has 3 unspecified atom stereocenters. The maximum Gasteiger partial charge on any atom is 0.0578 e. The molecular weight excluding hydrogens is 200 g/mol. The molecule has 0 amide bonds. The first-order valence-electron chi connectivity index (χ1n) is 6.79. The van der Waals surface area contributed by atoms with Crippen LogP contribution < -0.4 is 5.32 Å². The van der Waals surface area contributed by atoms with E-state index in [4.69, 9.17) is 0 Å². The highest BCUT2D eigenvalue weighted by Crippen LogP contribution is 2.28. The predicted molar refractivity (Wildman–Crippen MR) is 66.4 cm³/mol. The SMILES string of the molecule is CCC(O)C1CC(NCC2CC2)CN(C)C1. The molecule has 0 aromatic rings. The molecule has 3 nitrogen and oxygen atoms in total. The molecule has 1 aliphatic heterocycles. The van der Waals surface area contributed by atoms with Crippen LogP contribution in [0, 0.1) is 11.8 Å². The zero-order valence-electron chi connectivity index (χ0n) is 10.7. The first-order chi connectivity index (χ1) is 7.69. The van der Waals surface area contributed by atoms with Crippen molar-refractivity contribution in [1.29, 1.82) is 0 Å². The fourth-order valence-corrected chi connectivity index (χ4v) is 2.78. The molecule has 3 atom stereocenters. The van der Waals surface area contributed by atoms with E-state index in [1.807, 2.05) is 0 Å². The van der Waals surface area contributed by atoms with Gasteiger partial charge in [0.15, 0.2) is 0 Å². The molecule has 1 heterocycles. The van der Waals surface area contributed by atoms with Gasteiger partial charge in [-0.1, -0.05) is 6.92 Å².